The average molecular weight is 246 g/mol. The maximum atomic E-state index is 10.9. The minimum atomic E-state index is -0.730. The third-order valence-electron chi connectivity index (χ3n) is 3.18. The van der Waals surface area contributed by atoms with Crippen LogP contribution in [0.3, 0.4) is 0 Å². The molecule has 0 saturated carbocycles. The van der Waals surface area contributed by atoms with Crippen LogP contribution < -0.4 is 5.32 Å². The predicted molar refractivity (Wildman–Crippen MR) is 71.4 cm³/mol. The molecule has 0 bridgehead atoms. The second-order valence-electron chi connectivity index (χ2n) is 4.47. The van der Waals surface area contributed by atoms with Crippen molar-refractivity contribution in [2.45, 2.75) is 19.9 Å². The number of aromatic nitrogens is 1. The van der Waals surface area contributed by atoms with Crippen molar-refractivity contribution in [2.24, 2.45) is 5.92 Å². The summed E-state index contributed by atoms with van der Waals surface area (Å²) in [5.74, 6) is -1.04. The molecule has 3 N–H and O–H groups in total. The van der Waals surface area contributed by atoms with Gasteiger partial charge in [-0.25, -0.2) is 0 Å². The molecule has 0 fully saturated rings. The molecule has 2 rings (SSSR count). The van der Waals surface area contributed by atoms with Crippen LogP contribution in [0.5, 0.6) is 0 Å². The fraction of sp³-hybridized carbons (Fsp3) is 0.357. The van der Waals surface area contributed by atoms with Crippen molar-refractivity contribution in [2.75, 3.05) is 6.54 Å². The molecule has 1 unspecified atom stereocenters. The lowest BCUT2D eigenvalue weighted by molar-refractivity contribution is -0.141. The van der Waals surface area contributed by atoms with Crippen LogP contribution in [-0.4, -0.2) is 22.6 Å². The van der Waals surface area contributed by atoms with Gasteiger partial charge in [0.05, 0.1) is 5.92 Å². The number of benzene rings is 1. The third-order valence-corrected chi connectivity index (χ3v) is 3.18. The van der Waals surface area contributed by atoms with Gasteiger partial charge >= 0.3 is 5.97 Å². The summed E-state index contributed by atoms with van der Waals surface area (Å²) in [5, 5.41) is 13.3. The normalized spacial score (nSPS) is 12.7. The van der Waals surface area contributed by atoms with Crippen LogP contribution in [0.2, 0.25) is 0 Å². The Kier molecular flexibility index (Phi) is 3.99. The molecule has 1 aromatic heterocycles. The fourth-order valence-corrected chi connectivity index (χ4v) is 2.01. The number of hydrogen-bond donors (Lipinski definition) is 3. The Morgan fingerprint density at radius 2 is 2.28 bits per heavy atom. The van der Waals surface area contributed by atoms with Gasteiger partial charge in [0.15, 0.2) is 0 Å². The first kappa shape index (κ1) is 12.6. The lowest BCUT2D eigenvalue weighted by Crippen LogP contribution is -2.27. The van der Waals surface area contributed by atoms with Gasteiger partial charge in [0.2, 0.25) is 0 Å². The third kappa shape index (κ3) is 2.90. The molecule has 1 atom stereocenters. The topological polar surface area (TPSA) is 65.1 Å². The van der Waals surface area contributed by atoms with Crippen LogP contribution in [0.25, 0.3) is 10.9 Å². The predicted octanol–water partition coefficient (Wildman–Crippen LogP) is 2.37. The molecule has 18 heavy (non-hydrogen) atoms. The summed E-state index contributed by atoms with van der Waals surface area (Å²) in [6.07, 6.45) is 2.57. The van der Waals surface area contributed by atoms with Crippen molar-refractivity contribution in [3.63, 3.8) is 0 Å². The number of H-pyrrole nitrogens is 1. The summed E-state index contributed by atoms with van der Waals surface area (Å²) in [6.45, 7) is 3.11. The van der Waals surface area contributed by atoms with Gasteiger partial charge in [-0.2, -0.15) is 0 Å². The molecule has 0 amide bonds. The van der Waals surface area contributed by atoms with Crippen LogP contribution in [-0.2, 0) is 11.3 Å². The zero-order valence-corrected chi connectivity index (χ0v) is 10.4. The minimum absolute atomic E-state index is 0.305. The Morgan fingerprint density at radius 1 is 1.44 bits per heavy atom. The number of aromatic amines is 1. The van der Waals surface area contributed by atoms with Crippen molar-refractivity contribution in [3.05, 3.63) is 36.0 Å². The molecule has 96 valence electrons. The molecule has 1 aromatic carbocycles. The Hall–Kier alpha value is -1.81. The highest BCUT2D eigenvalue weighted by atomic mass is 16.4. The quantitative estimate of drug-likeness (QED) is 0.733. The monoisotopic (exact) mass is 246 g/mol. The van der Waals surface area contributed by atoms with Gasteiger partial charge in [-0.05, 0) is 35.6 Å². The van der Waals surface area contributed by atoms with Crippen LogP contribution in [0.15, 0.2) is 30.5 Å². The van der Waals surface area contributed by atoms with Gasteiger partial charge in [0.1, 0.15) is 0 Å². The zero-order chi connectivity index (χ0) is 13.0. The number of hydrogen-bond acceptors (Lipinski definition) is 2. The Balaban J connectivity index is 1.91. The number of carbonyl (C=O) groups is 1. The second kappa shape index (κ2) is 5.69. The van der Waals surface area contributed by atoms with E-state index in [2.05, 4.69) is 16.4 Å². The number of carboxylic acids is 1. The first-order chi connectivity index (χ1) is 8.70. The lowest BCUT2D eigenvalue weighted by Gasteiger charge is -2.11. The minimum Gasteiger partial charge on any atom is -0.481 e. The van der Waals surface area contributed by atoms with Gasteiger partial charge in [-0.1, -0.05) is 13.0 Å². The SMILES string of the molecule is CCC(CNCc1ccc2[nH]ccc2c1)C(=O)O. The van der Waals surface area contributed by atoms with E-state index >= 15 is 0 Å². The van der Waals surface area contributed by atoms with Crippen molar-refractivity contribution < 1.29 is 9.90 Å². The molecule has 4 nitrogen and oxygen atoms in total. The summed E-state index contributed by atoms with van der Waals surface area (Å²) >= 11 is 0. The summed E-state index contributed by atoms with van der Waals surface area (Å²) in [5.41, 5.74) is 2.29. The number of fused-ring (bicyclic) bond motifs is 1. The molecule has 2 aromatic rings. The standard InChI is InChI=1S/C14H18N2O2/c1-2-11(14(17)18)9-15-8-10-3-4-13-12(7-10)5-6-16-13/h3-7,11,15-16H,2,8-9H2,1H3,(H,17,18). The number of aliphatic carboxylic acids is 1. The maximum absolute atomic E-state index is 10.9. The van der Waals surface area contributed by atoms with E-state index in [1.54, 1.807) is 0 Å². The summed E-state index contributed by atoms with van der Waals surface area (Å²) < 4.78 is 0. The second-order valence-corrected chi connectivity index (χ2v) is 4.47. The molecule has 0 aliphatic carbocycles. The molecule has 0 aliphatic rings. The van der Waals surface area contributed by atoms with E-state index in [1.165, 1.54) is 10.9 Å². The smallest absolute Gasteiger partial charge is 0.307 e. The van der Waals surface area contributed by atoms with E-state index in [9.17, 15) is 4.79 Å². The van der Waals surface area contributed by atoms with E-state index in [4.69, 9.17) is 5.11 Å². The number of nitrogens with one attached hydrogen (secondary N) is 2. The summed E-state index contributed by atoms with van der Waals surface area (Å²) in [4.78, 5) is 14.0. The fourth-order valence-electron chi connectivity index (χ4n) is 2.01. The molecule has 0 spiro atoms. The van der Waals surface area contributed by atoms with E-state index in [1.807, 2.05) is 31.3 Å². The lowest BCUT2D eigenvalue weighted by atomic mass is 10.1. The maximum Gasteiger partial charge on any atom is 0.307 e. The number of rotatable bonds is 6. The molecule has 4 heteroatoms. The highest BCUT2D eigenvalue weighted by Gasteiger charge is 2.13. The van der Waals surface area contributed by atoms with E-state index in [0.29, 0.717) is 19.5 Å². The van der Waals surface area contributed by atoms with Gasteiger partial charge < -0.3 is 15.4 Å². The Labute approximate surface area is 106 Å². The van der Waals surface area contributed by atoms with Gasteiger partial charge in [-0.15, -0.1) is 0 Å². The molecule has 0 aliphatic heterocycles. The summed E-state index contributed by atoms with van der Waals surface area (Å²) in [6, 6.07) is 8.24. The largest absolute Gasteiger partial charge is 0.481 e. The van der Waals surface area contributed by atoms with Crippen LogP contribution in [0.1, 0.15) is 18.9 Å². The van der Waals surface area contributed by atoms with Crippen LogP contribution >= 0.6 is 0 Å². The highest BCUT2D eigenvalue weighted by Crippen LogP contribution is 2.14. The Bertz CT molecular complexity index is 533. The van der Waals surface area contributed by atoms with E-state index in [-0.39, 0.29) is 5.92 Å². The van der Waals surface area contributed by atoms with Crippen molar-refractivity contribution >= 4 is 16.9 Å². The first-order valence-corrected chi connectivity index (χ1v) is 6.20. The van der Waals surface area contributed by atoms with Gasteiger partial charge in [0, 0.05) is 24.8 Å². The van der Waals surface area contributed by atoms with Crippen molar-refractivity contribution in [3.8, 4) is 0 Å². The van der Waals surface area contributed by atoms with E-state index < -0.39 is 5.97 Å². The Morgan fingerprint density at radius 3 is 3.00 bits per heavy atom. The molecule has 1 heterocycles. The van der Waals surface area contributed by atoms with Crippen LogP contribution in [0.4, 0.5) is 0 Å². The molecule has 0 radical (unpaired) electrons. The zero-order valence-electron chi connectivity index (χ0n) is 10.4. The summed E-state index contributed by atoms with van der Waals surface area (Å²) in [7, 11) is 0. The van der Waals surface area contributed by atoms with Gasteiger partial charge in [0.25, 0.3) is 0 Å². The van der Waals surface area contributed by atoms with E-state index in [0.717, 1.165) is 5.52 Å². The van der Waals surface area contributed by atoms with Crippen molar-refractivity contribution in [1.82, 2.24) is 10.3 Å². The number of carboxylic acid groups (broad SMARTS) is 1. The van der Waals surface area contributed by atoms with Crippen molar-refractivity contribution in [1.29, 1.82) is 0 Å². The average Bonchev–Trinajstić information content (AvgIpc) is 2.81. The molecular formula is C14H18N2O2. The van der Waals surface area contributed by atoms with Crippen LogP contribution in [0, 0.1) is 5.92 Å². The first-order valence-electron chi connectivity index (χ1n) is 6.20. The molecule has 0 saturated heterocycles. The molecular weight excluding hydrogens is 228 g/mol. The highest BCUT2D eigenvalue weighted by molar-refractivity contribution is 5.79. The van der Waals surface area contributed by atoms with Gasteiger partial charge in [-0.3, -0.25) is 4.79 Å².